The quantitative estimate of drug-likeness (QED) is 0.389. The molecule has 3 rings (SSSR count). The summed E-state index contributed by atoms with van der Waals surface area (Å²) < 4.78 is 18.4. The van der Waals surface area contributed by atoms with Gasteiger partial charge in [-0.25, -0.2) is 9.38 Å². The highest BCUT2D eigenvalue weighted by Crippen LogP contribution is 2.13. The highest BCUT2D eigenvalue weighted by Gasteiger charge is 2.08. The molecule has 1 amide bonds. The summed E-state index contributed by atoms with van der Waals surface area (Å²) >= 11 is 0. The average Bonchev–Trinajstić information content (AvgIpc) is 3.27. The minimum absolute atomic E-state index is 0.230. The van der Waals surface area contributed by atoms with Crippen LogP contribution in [-0.2, 0) is 13.0 Å². The van der Waals surface area contributed by atoms with Crippen LogP contribution in [0.5, 0.6) is 0 Å². The number of carbonyl (C=O) groups is 1. The molecule has 0 saturated carbocycles. The molecule has 0 radical (unpaired) electrons. The smallest absolute Gasteiger partial charge is 0.291 e. The summed E-state index contributed by atoms with van der Waals surface area (Å²) in [7, 11) is 0. The van der Waals surface area contributed by atoms with Gasteiger partial charge in [0, 0.05) is 18.8 Å². The zero-order valence-electron chi connectivity index (χ0n) is 16.8. The highest BCUT2D eigenvalue weighted by atomic mass is 19.1. The molecule has 0 atom stereocenters. The van der Waals surface area contributed by atoms with Gasteiger partial charge in [0.15, 0.2) is 11.7 Å². The topological polar surface area (TPSA) is 78.7 Å². The number of guanidine groups is 1. The van der Waals surface area contributed by atoms with Crippen molar-refractivity contribution in [2.75, 3.05) is 18.4 Å². The Labute approximate surface area is 175 Å². The number of carbonyl (C=O) groups excluding carboxylic acids is 1. The van der Waals surface area contributed by atoms with E-state index in [-0.39, 0.29) is 17.5 Å². The van der Waals surface area contributed by atoms with E-state index in [1.807, 2.05) is 37.3 Å². The molecular formula is C23H25FN4O2. The third kappa shape index (κ3) is 6.48. The van der Waals surface area contributed by atoms with Gasteiger partial charge < -0.3 is 20.4 Å². The van der Waals surface area contributed by atoms with Gasteiger partial charge in [0.05, 0.1) is 12.8 Å². The lowest BCUT2D eigenvalue weighted by molar-refractivity contribution is 0.0996. The van der Waals surface area contributed by atoms with Gasteiger partial charge in [-0.05, 0) is 60.9 Å². The second kappa shape index (κ2) is 10.8. The SMILES string of the molecule is CCNC(=NCc1cccc(NC(=O)c2ccco2)c1)NCCc1cccc(F)c1. The Morgan fingerprint density at radius 3 is 2.63 bits per heavy atom. The van der Waals surface area contributed by atoms with Crippen molar-refractivity contribution < 1.29 is 13.6 Å². The van der Waals surface area contributed by atoms with E-state index in [0.29, 0.717) is 31.2 Å². The Morgan fingerprint density at radius 2 is 1.87 bits per heavy atom. The molecule has 2 aromatic carbocycles. The molecule has 1 aromatic heterocycles. The molecule has 6 nitrogen and oxygen atoms in total. The van der Waals surface area contributed by atoms with Gasteiger partial charge in [-0.1, -0.05) is 24.3 Å². The van der Waals surface area contributed by atoms with E-state index in [4.69, 9.17) is 4.42 Å². The van der Waals surface area contributed by atoms with Gasteiger partial charge in [0.25, 0.3) is 5.91 Å². The van der Waals surface area contributed by atoms with Gasteiger partial charge >= 0.3 is 0 Å². The molecule has 0 aliphatic carbocycles. The fraction of sp³-hybridized carbons (Fsp3) is 0.217. The van der Waals surface area contributed by atoms with E-state index in [0.717, 1.165) is 17.7 Å². The normalized spacial score (nSPS) is 11.2. The number of hydrogen-bond donors (Lipinski definition) is 3. The van der Waals surface area contributed by atoms with E-state index in [1.54, 1.807) is 18.2 Å². The number of amides is 1. The Kier molecular flexibility index (Phi) is 7.60. The average molecular weight is 408 g/mol. The standard InChI is InChI=1S/C23H25FN4O2/c1-2-25-23(26-12-11-17-6-3-8-19(24)14-17)27-16-18-7-4-9-20(15-18)28-22(29)21-10-5-13-30-21/h3-10,13-15H,2,11-12,16H2,1H3,(H,28,29)(H2,25,26,27). The number of benzene rings is 2. The van der Waals surface area contributed by atoms with Crippen LogP contribution in [0, 0.1) is 5.82 Å². The lowest BCUT2D eigenvalue weighted by atomic mass is 10.1. The molecule has 0 fully saturated rings. The molecule has 1 heterocycles. The van der Waals surface area contributed by atoms with Gasteiger partial charge in [-0.15, -0.1) is 0 Å². The van der Waals surface area contributed by atoms with Crippen molar-refractivity contribution in [2.24, 2.45) is 4.99 Å². The zero-order valence-corrected chi connectivity index (χ0v) is 16.8. The maximum absolute atomic E-state index is 13.3. The van der Waals surface area contributed by atoms with Crippen molar-refractivity contribution in [3.8, 4) is 0 Å². The van der Waals surface area contributed by atoms with E-state index in [1.165, 1.54) is 18.4 Å². The molecule has 0 unspecified atom stereocenters. The molecular weight excluding hydrogens is 383 g/mol. The Balaban J connectivity index is 1.56. The van der Waals surface area contributed by atoms with Gasteiger partial charge in [-0.2, -0.15) is 0 Å². The first-order valence-electron chi connectivity index (χ1n) is 9.84. The summed E-state index contributed by atoms with van der Waals surface area (Å²) in [4.78, 5) is 16.7. The third-order valence-corrected chi connectivity index (χ3v) is 4.29. The summed E-state index contributed by atoms with van der Waals surface area (Å²) in [5.41, 5.74) is 2.56. The second-order valence-electron chi connectivity index (χ2n) is 6.63. The third-order valence-electron chi connectivity index (χ3n) is 4.29. The molecule has 3 N–H and O–H groups in total. The molecule has 0 spiro atoms. The lowest BCUT2D eigenvalue weighted by Gasteiger charge is -2.12. The zero-order chi connectivity index (χ0) is 21.2. The van der Waals surface area contributed by atoms with Crippen LogP contribution in [0.15, 0.2) is 76.3 Å². The van der Waals surface area contributed by atoms with E-state index < -0.39 is 0 Å². The number of furan rings is 1. The predicted molar refractivity (Wildman–Crippen MR) is 116 cm³/mol. The molecule has 3 aromatic rings. The van der Waals surface area contributed by atoms with Crippen LogP contribution in [0.4, 0.5) is 10.1 Å². The van der Waals surface area contributed by atoms with Gasteiger partial charge in [0.1, 0.15) is 5.82 Å². The molecule has 30 heavy (non-hydrogen) atoms. The fourth-order valence-electron chi connectivity index (χ4n) is 2.88. The number of rotatable bonds is 8. The molecule has 0 bridgehead atoms. The van der Waals surface area contributed by atoms with Crippen LogP contribution >= 0.6 is 0 Å². The number of nitrogens with zero attached hydrogens (tertiary/aromatic N) is 1. The number of nitrogens with one attached hydrogen (secondary N) is 3. The van der Waals surface area contributed by atoms with Crippen molar-refractivity contribution in [3.05, 3.63) is 89.6 Å². The summed E-state index contributed by atoms with van der Waals surface area (Å²) in [5, 5.41) is 9.27. The first-order chi connectivity index (χ1) is 14.6. The Hall–Kier alpha value is -3.61. The highest BCUT2D eigenvalue weighted by molar-refractivity contribution is 6.02. The fourth-order valence-corrected chi connectivity index (χ4v) is 2.88. The van der Waals surface area contributed by atoms with Crippen LogP contribution < -0.4 is 16.0 Å². The summed E-state index contributed by atoms with van der Waals surface area (Å²) in [6.45, 7) is 3.80. The second-order valence-corrected chi connectivity index (χ2v) is 6.63. The first kappa shape index (κ1) is 21.1. The van der Waals surface area contributed by atoms with Crippen molar-refractivity contribution in [2.45, 2.75) is 19.9 Å². The van der Waals surface area contributed by atoms with Crippen molar-refractivity contribution in [1.82, 2.24) is 10.6 Å². The predicted octanol–water partition coefficient (Wildman–Crippen LogP) is 3.97. The molecule has 0 aliphatic heterocycles. The maximum atomic E-state index is 13.3. The van der Waals surface area contributed by atoms with Crippen molar-refractivity contribution >= 4 is 17.6 Å². The monoisotopic (exact) mass is 408 g/mol. The maximum Gasteiger partial charge on any atom is 0.291 e. The molecule has 0 saturated heterocycles. The minimum atomic E-state index is -0.298. The largest absolute Gasteiger partial charge is 0.459 e. The van der Waals surface area contributed by atoms with Gasteiger partial charge in [0.2, 0.25) is 0 Å². The number of anilines is 1. The van der Waals surface area contributed by atoms with Crippen LogP contribution in [0.25, 0.3) is 0 Å². The Bertz CT molecular complexity index is 986. The number of halogens is 1. The first-order valence-corrected chi connectivity index (χ1v) is 9.84. The molecule has 156 valence electrons. The van der Waals surface area contributed by atoms with Crippen LogP contribution in [0.2, 0.25) is 0 Å². The van der Waals surface area contributed by atoms with E-state index >= 15 is 0 Å². The van der Waals surface area contributed by atoms with E-state index in [2.05, 4.69) is 20.9 Å². The van der Waals surface area contributed by atoms with Crippen LogP contribution in [0.3, 0.4) is 0 Å². The number of hydrogen-bond acceptors (Lipinski definition) is 3. The number of aliphatic imine (C=N–C) groups is 1. The lowest BCUT2D eigenvalue weighted by Crippen LogP contribution is -2.38. The molecule has 7 heteroatoms. The van der Waals surface area contributed by atoms with Crippen molar-refractivity contribution in [1.29, 1.82) is 0 Å². The van der Waals surface area contributed by atoms with Crippen LogP contribution in [0.1, 0.15) is 28.6 Å². The van der Waals surface area contributed by atoms with E-state index in [9.17, 15) is 9.18 Å². The van der Waals surface area contributed by atoms with Crippen molar-refractivity contribution in [3.63, 3.8) is 0 Å². The molecule has 0 aliphatic rings. The Morgan fingerprint density at radius 1 is 1.03 bits per heavy atom. The summed E-state index contributed by atoms with van der Waals surface area (Å²) in [6, 6.07) is 17.4. The summed E-state index contributed by atoms with van der Waals surface area (Å²) in [6.07, 6.45) is 2.15. The van der Waals surface area contributed by atoms with Crippen LogP contribution in [-0.4, -0.2) is 25.0 Å². The minimum Gasteiger partial charge on any atom is -0.459 e. The summed E-state index contributed by atoms with van der Waals surface area (Å²) in [5.74, 6) is 0.411. The van der Waals surface area contributed by atoms with Gasteiger partial charge in [-0.3, -0.25) is 4.79 Å².